The number of aliphatic hydroxyl groups excluding tert-OH is 1. The lowest BCUT2D eigenvalue weighted by atomic mass is 10.1. The van der Waals surface area contributed by atoms with E-state index in [0.717, 1.165) is 18.2 Å². The topological polar surface area (TPSA) is 69.6 Å². The van der Waals surface area contributed by atoms with Crippen molar-refractivity contribution in [2.24, 2.45) is 5.92 Å². The van der Waals surface area contributed by atoms with Crippen molar-refractivity contribution in [3.8, 4) is 0 Å². The van der Waals surface area contributed by atoms with Crippen LogP contribution in [-0.4, -0.2) is 36.6 Å². The monoisotopic (exact) mass is 284 g/mol. The molecule has 7 heteroatoms. The quantitative estimate of drug-likeness (QED) is 0.788. The molecule has 1 atom stereocenters. The van der Waals surface area contributed by atoms with Gasteiger partial charge < -0.3 is 15.3 Å². The molecule has 20 heavy (non-hydrogen) atoms. The summed E-state index contributed by atoms with van der Waals surface area (Å²) in [6.07, 6.45) is 0.272. The second kappa shape index (κ2) is 5.96. The minimum absolute atomic E-state index is 0.0667. The van der Waals surface area contributed by atoms with E-state index in [0.29, 0.717) is 0 Å². The predicted molar refractivity (Wildman–Crippen MR) is 66.9 cm³/mol. The highest BCUT2D eigenvalue weighted by Gasteiger charge is 2.37. The number of hydrogen-bond donors (Lipinski definition) is 2. The molecule has 1 aliphatic heterocycles. The molecule has 1 heterocycles. The van der Waals surface area contributed by atoms with Crippen molar-refractivity contribution >= 4 is 17.5 Å². The summed E-state index contributed by atoms with van der Waals surface area (Å²) in [4.78, 5) is 25.0. The van der Waals surface area contributed by atoms with Crippen LogP contribution in [-0.2, 0) is 9.59 Å². The van der Waals surface area contributed by atoms with E-state index in [1.54, 1.807) is 0 Å². The van der Waals surface area contributed by atoms with Crippen LogP contribution < -0.4 is 10.2 Å². The highest BCUT2D eigenvalue weighted by atomic mass is 19.1. The molecule has 1 saturated heterocycles. The highest BCUT2D eigenvalue weighted by molar-refractivity contribution is 6.09. The molecule has 0 saturated carbocycles. The number of nitrogens with one attached hydrogen (secondary N) is 1. The number of nitrogens with zero attached hydrogens (tertiary/aromatic N) is 1. The lowest BCUT2D eigenvalue weighted by Crippen LogP contribution is -2.38. The van der Waals surface area contributed by atoms with Gasteiger partial charge >= 0.3 is 0 Å². The maximum atomic E-state index is 13.1. The molecule has 5 nitrogen and oxygen atoms in total. The van der Waals surface area contributed by atoms with Crippen LogP contribution >= 0.6 is 0 Å². The molecule has 1 aromatic carbocycles. The van der Waals surface area contributed by atoms with E-state index in [2.05, 4.69) is 5.32 Å². The van der Waals surface area contributed by atoms with Gasteiger partial charge in [0.05, 0.1) is 6.61 Å². The van der Waals surface area contributed by atoms with Gasteiger partial charge in [-0.25, -0.2) is 8.78 Å². The highest BCUT2D eigenvalue weighted by Crippen LogP contribution is 2.26. The number of benzene rings is 1. The molecule has 0 radical (unpaired) electrons. The number of rotatable bonds is 4. The van der Waals surface area contributed by atoms with E-state index in [1.165, 1.54) is 4.90 Å². The first-order valence-electron chi connectivity index (χ1n) is 6.19. The van der Waals surface area contributed by atoms with Gasteiger partial charge in [0, 0.05) is 24.8 Å². The molecule has 0 aliphatic carbocycles. The van der Waals surface area contributed by atoms with Crippen molar-refractivity contribution in [3.05, 3.63) is 29.8 Å². The first-order chi connectivity index (χ1) is 9.52. The normalized spacial score (nSPS) is 18.4. The number of anilines is 1. The summed E-state index contributed by atoms with van der Waals surface area (Å²) in [5.41, 5.74) is 0.102. The molecule has 0 bridgehead atoms. The summed E-state index contributed by atoms with van der Waals surface area (Å²) in [6.45, 7) is 0.0710. The Labute approximate surface area is 114 Å². The maximum Gasteiger partial charge on any atom is 0.239 e. The molecule has 1 unspecified atom stereocenters. The molecule has 1 fully saturated rings. The van der Waals surface area contributed by atoms with Gasteiger partial charge in [-0.2, -0.15) is 0 Å². The van der Waals surface area contributed by atoms with E-state index in [1.807, 2.05) is 0 Å². The summed E-state index contributed by atoms with van der Waals surface area (Å²) < 4.78 is 26.3. The second-order valence-electron chi connectivity index (χ2n) is 4.47. The van der Waals surface area contributed by atoms with Gasteiger partial charge in [0.25, 0.3) is 0 Å². The zero-order valence-corrected chi connectivity index (χ0v) is 10.6. The summed E-state index contributed by atoms with van der Waals surface area (Å²) in [6, 6.07) is 2.82. The van der Waals surface area contributed by atoms with Crippen LogP contribution in [0, 0.1) is 17.6 Å². The molecular formula is C13H14F2N2O3. The Hall–Kier alpha value is -2.02. The molecule has 1 aromatic rings. The first-order valence-corrected chi connectivity index (χ1v) is 6.19. The Morgan fingerprint density at radius 1 is 1.35 bits per heavy atom. The SMILES string of the molecule is O=C(NCCO)C1CCN(c2cc(F)cc(F)c2)C1=O. The van der Waals surface area contributed by atoms with Crippen molar-refractivity contribution in [3.63, 3.8) is 0 Å². The van der Waals surface area contributed by atoms with Crippen LogP contribution in [0.25, 0.3) is 0 Å². The number of amides is 2. The molecule has 0 spiro atoms. The Balaban J connectivity index is 2.12. The van der Waals surface area contributed by atoms with Gasteiger partial charge in [-0.3, -0.25) is 9.59 Å². The third-order valence-corrected chi connectivity index (χ3v) is 3.09. The third-order valence-electron chi connectivity index (χ3n) is 3.09. The Kier molecular flexibility index (Phi) is 4.29. The molecule has 2 rings (SSSR count). The van der Waals surface area contributed by atoms with Gasteiger partial charge in [-0.1, -0.05) is 0 Å². The molecule has 108 valence electrons. The van der Waals surface area contributed by atoms with Crippen molar-refractivity contribution in [2.75, 3.05) is 24.6 Å². The zero-order valence-electron chi connectivity index (χ0n) is 10.6. The molecule has 1 aliphatic rings. The van der Waals surface area contributed by atoms with Crippen molar-refractivity contribution in [2.45, 2.75) is 6.42 Å². The summed E-state index contributed by atoms with van der Waals surface area (Å²) in [5.74, 6) is -3.41. The number of halogens is 2. The molecule has 0 aromatic heterocycles. The maximum absolute atomic E-state index is 13.1. The average molecular weight is 284 g/mol. The van der Waals surface area contributed by atoms with Crippen molar-refractivity contribution < 1.29 is 23.5 Å². The number of carbonyl (C=O) groups is 2. The average Bonchev–Trinajstić information content (AvgIpc) is 2.76. The molecule has 2 amide bonds. The minimum atomic E-state index is -0.882. The number of carbonyl (C=O) groups excluding carboxylic acids is 2. The number of hydrogen-bond acceptors (Lipinski definition) is 3. The fourth-order valence-corrected chi connectivity index (χ4v) is 2.18. The van der Waals surface area contributed by atoms with Crippen molar-refractivity contribution in [1.29, 1.82) is 0 Å². The first kappa shape index (κ1) is 14.4. The second-order valence-corrected chi connectivity index (χ2v) is 4.47. The predicted octanol–water partition coefficient (Wildman–Crippen LogP) is 0.426. The van der Waals surface area contributed by atoms with Crippen LogP contribution in [0.2, 0.25) is 0 Å². The van der Waals surface area contributed by atoms with Gasteiger partial charge in [-0.15, -0.1) is 0 Å². The minimum Gasteiger partial charge on any atom is -0.395 e. The van der Waals surface area contributed by atoms with Crippen molar-refractivity contribution in [1.82, 2.24) is 5.32 Å². The summed E-state index contributed by atoms with van der Waals surface area (Å²) in [7, 11) is 0. The largest absolute Gasteiger partial charge is 0.395 e. The van der Waals surface area contributed by atoms with Gasteiger partial charge in [0.2, 0.25) is 11.8 Å². The lowest BCUT2D eigenvalue weighted by molar-refractivity contribution is -0.132. The number of aliphatic hydroxyl groups is 1. The van der Waals surface area contributed by atoms with Crippen LogP contribution in [0.15, 0.2) is 18.2 Å². The summed E-state index contributed by atoms with van der Waals surface area (Å²) >= 11 is 0. The standard InChI is InChI=1S/C13H14F2N2O3/c14-8-5-9(15)7-10(6-8)17-3-1-11(13(17)20)12(19)16-2-4-18/h5-7,11,18H,1-4H2,(H,16,19). The van der Waals surface area contributed by atoms with Crippen LogP contribution in [0.4, 0.5) is 14.5 Å². The summed E-state index contributed by atoms with van der Waals surface area (Å²) in [5, 5.41) is 11.0. The smallest absolute Gasteiger partial charge is 0.239 e. The van der Waals surface area contributed by atoms with Gasteiger partial charge in [-0.05, 0) is 18.6 Å². The molecular weight excluding hydrogens is 270 g/mol. The van der Waals surface area contributed by atoms with Gasteiger partial charge in [0.15, 0.2) is 0 Å². The van der Waals surface area contributed by atoms with E-state index >= 15 is 0 Å². The van der Waals surface area contributed by atoms with Crippen LogP contribution in [0.5, 0.6) is 0 Å². The van der Waals surface area contributed by atoms with Gasteiger partial charge in [0.1, 0.15) is 17.6 Å². The lowest BCUT2D eigenvalue weighted by Gasteiger charge is -2.17. The fourth-order valence-electron chi connectivity index (χ4n) is 2.18. The van der Waals surface area contributed by atoms with E-state index < -0.39 is 29.4 Å². The third kappa shape index (κ3) is 2.93. The zero-order chi connectivity index (χ0) is 14.7. The Morgan fingerprint density at radius 2 is 2.00 bits per heavy atom. The Bertz CT molecular complexity index is 516. The van der Waals surface area contributed by atoms with Crippen LogP contribution in [0.1, 0.15) is 6.42 Å². The van der Waals surface area contributed by atoms with Crippen LogP contribution in [0.3, 0.4) is 0 Å². The fraction of sp³-hybridized carbons (Fsp3) is 0.385. The molecule has 2 N–H and O–H groups in total. The van der Waals surface area contributed by atoms with E-state index in [9.17, 15) is 18.4 Å². The van der Waals surface area contributed by atoms with E-state index in [4.69, 9.17) is 5.11 Å². The Morgan fingerprint density at radius 3 is 2.60 bits per heavy atom. The van der Waals surface area contributed by atoms with E-state index in [-0.39, 0.29) is 31.8 Å².